The average molecular weight is 432 g/mol. The molecule has 0 unspecified atom stereocenters. The smallest absolute Gasteiger partial charge is 0.310 e. The molecule has 0 saturated carbocycles. The highest BCUT2D eigenvalue weighted by Gasteiger charge is 2.16. The molecule has 0 fully saturated rings. The van der Waals surface area contributed by atoms with Gasteiger partial charge in [-0.1, -0.05) is 29.3 Å². The summed E-state index contributed by atoms with van der Waals surface area (Å²) in [6.45, 7) is 0.213. The van der Waals surface area contributed by atoms with Crippen molar-refractivity contribution in [2.75, 3.05) is 27.3 Å². The minimum absolute atomic E-state index is 0.0674. The van der Waals surface area contributed by atoms with Crippen LogP contribution >= 0.6 is 23.2 Å². The molecule has 0 N–H and O–H groups in total. The van der Waals surface area contributed by atoms with E-state index in [1.807, 2.05) is 0 Å². The van der Waals surface area contributed by atoms with Crippen LogP contribution in [0.5, 0.6) is 5.75 Å². The van der Waals surface area contributed by atoms with Gasteiger partial charge in [-0.25, -0.2) is 12.7 Å². The molecule has 9 heteroatoms. The summed E-state index contributed by atoms with van der Waals surface area (Å²) in [7, 11) is -0.546. The van der Waals surface area contributed by atoms with Crippen molar-refractivity contribution in [1.29, 1.82) is 0 Å². The Morgan fingerprint density at radius 2 is 1.67 bits per heavy atom. The number of halogens is 2. The predicted octanol–water partition coefficient (Wildman–Crippen LogP) is 3.41. The van der Waals surface area contributed by atoms with E-state index in [0.717, 1.165) is 4.31 Å². The molecule has 0 radical (unpaired) electrons. The van der Waals surface area contributed by atoms with Crippen LogP contribution in [0.1, 0.15) is 5.56 Å². The fraction of sp³-hybridized carbons (Fsp3) is 0.278. The maximum absolute atomic E-state index is 12.0. The Balaban J connectivity index is 1.78. The molecule has 0 saturated heterocycles. The first-order valence-electron chi connectivity index (χ1n) is 7.95. The molecule has 0 spiro atoms. The Kier molecular flexibility index (Phi) is 7.49. The lowest BCUT2D eigenvalue weighted by atomic mass is 10.1. The second-order valence-electron chi connectivity index (χ2n) is 5.75. The van der Waals surface area contributed by atoms with Crippen LogP contribution in [0.3, 0.4) is 0 Å². The van der Waals surface area contributed by atoms with Gasteiger partial charge in [-0.15, -0.1) is 0 Å². The molecule has 0 heterocycles. The van der Waals surface area contributed by atoms with E-state index in [-0.39, 0.29) is 24.5 Å². The fourth-order valence-electron chi connectivity index (χ4n) is 2.10. The first-order chi connectivity index (χ1) is 12.7. The molecule has 0 aliphatic heterocycles. The predicted molar refractivity (Wildman–Crippen MR) is 104 cm³/mol. The summed E-state index contributed by atoms with van der Waals surface area (Å²) in [4.78, 5) is 12.0. The molecule has 2 rings (SSSR count). The van der Waals surface area contributed by atoms with Gasteiger partial charge in [-0.3, -0.25) is 4.79 Å². The second-order valence-corrected chi connectivity index (χ2v) is 8.72. The van der Waals surface area contributed by atoms with Crippen LogP contribution in [0.15, 0.2) is 47.4 Å². The van der Waals surface area contributed by atoms with Gasteiger partial charge >= 0.3 is 5.97 Å². The molecule has 146 valence electrons. The minimum Gasteiger partial charge on any atom is -0.490 e. The molecule has 6 nitrogen and oxygen atoms in total. The van der Waals surface area contributed by atoms with E-state index in [9.17, 15) is 13.2 Å². The number of sulfonamides is 1. The van der Waals surface area contributed by atoms with E-state index in [1.165, 1.54) is 26.2 Å². The van der Waals surface area contributed by atoms with Crippen molar-refractivity contribution < 1.29 is 22.7 Å². The normalized spacial score (nSPS) is 11.4. The quantitative estimate of drug-likeness (QED) is 0.472. The van der Waals surface area contributed by atoms with Gasteiger partial charge in [0.15, 0.2) is 0 Å². The van der Waals surface area contributed by atoms with Gasteiger partial charge in [0.2, 0.25) is 10.0 Å². The average Bonchev–Trinajstić information content (AvgIpc) is 2.62. The number of hydrogen-bond donors (Lipinski definition) is 0. The lowest BCUT2D eigenvalue weighted by Crippen LogP contribution is -2.22. The topological polar surface area (TPSA) is 72.9 Å². The van der Waals surface area contributed by atoms with E-state index in [1.54, 1.807) is 30.3 Å². The zero-order valence-electron chi connectivity index (χ0n) is 14.8. The minimum atomic E-state index is -3.47. The summed E-state index contributed by atoms with van der Waals surface area (Å²) in [5.41, 5.74) is 0.702. The maximum atomic E-state index is 12.0. The Morgan fingerprint density at radius 3 is 2.26 bits per heavy atom. The first-order valence-corrected chi connectivity index (χ1v) is 10.1. The third kappa shape index (κ3) is 6.10. The van der Waals surface area contributed by atoms with Crippen LogP contribution in [0.2, 0.25) is 10.0 Å². The second kappa shape index (κ2) is 9.41. The zero-order chi connectivity index (χ0) is 20.0. The Hall–Kier alpha value is -1.80. The van der Waals surface area contributed by atoms with Crippen LogP contribution < -0.4 is 4.74 Å². The zero-order valence-corrected chi connectivity index (χ0v) is 17.1. The van der Waals surface area contributed by atoms with E-state index >= 15 is 0 Å². The standard InChI is InChI=1S/C18H19Cl2NO5S/c1-21(2)27(23,24)15-6-4-14(5-7-15)25-9-10-26-18(22)12-13-3-8-16(19)17(20)11-13/h3-8,11H,9-10,12H2,1-2H3. The van der Waals surface area contributed by atoms with E-state index in [2.05, 4.69) is 0 Å². The van der Waals surface area contributed by atoms with Gasteiger partial charge < -0.3 is 9.47 Å². The highest BCUT2D eigenvalue weighted by molar-refractivity contribution is 7.89. The number of benzene rings is 2. The molecule has 0 bridgehead atoms. The summed E-state index contributed by atoms with van der Waals surface area (Å²) >= 11 is 11.7. The molecule has 0 aliphatic carbocycles. The third-order valence-electron chi connectivity index (χ3n) is 3.55. The Bertz CT molecular complexity index is 898. The molecule has 0 aliphatic rings. The SMILES string of the molecule is CN(C)S(=O)(=O)c1ccc(OCCOC(=O)Cc2ccc(Cl)c(Cl)c2)cc1. The van der Waals surface area contributed by atoms with Crippen LogP contribution in [0, 0.1) is 0 Å². The Labute approximate surface area is 168 Å². The van der Waals surface area contributed by atoms with Crippen molar-refractivity contribution in [2.24, 2.45) is 0 Å². The molecule has 0 aromatic heterocycles. The summed E-state index contributed by atoms with van der Waals surface area (Å²) in [5.74, 6) is 0.0673. The molecule has 2 aromatic rings. The molecule has 2 aromatic carbocycles. The maximum Gasteiger partial charge on any atom is 0.310 e. The van der Waals surface area contributed by atoms with Crippen LogP contribution in [0.4, 0.5) is 0 Å². The van der Waals surface area contributed by atoms with E-state index < -0.39 is 16.0 Å². The van der Waals surface area contributed by atoms with Crippen LogP contribution in [0.25, 0.3) is 0 Å². The Morgan fingerprint density at radius 1 is 1.00 bits per heavy atom. The van der Waals surface area contributed by atoms with Gasteiger partial charge in [0.05, 0.1) is 21.4 Å². The number of carbonyl (C=O) groups excluding carboxylic acids is 1. The largest absolute Gasteiger partial charge is 0.490 e. The van der Waals surface area contributed by atoms with E-state index in [4.69, 9.17) is 32.7 Å². The summed E-state index contributed by atoms with van der Waals surface area (Å²) < 4.78 is 35.6. The lowest BCUT2D eigenvalue weighted by Gasteiger charge is -2.12. The number of carbonyl (C=O) groups is 1. The number of nitrogens with zero attached hydrogens (tertiary/aromatic N) is 1. The van der Waals surface area contributed by atoms with Gasteiger partial charge in [-0.2, -0.15) is 0 Å². The molecule has 0 atom stereocenters. The van der Waals surface area contributed by atoms with Gasteiger partial charge in [-0.05, 0) is 42.0 Å². The van der Waals surface area contributed by atoms with Crippen molar-refractivity contribution >= 4 is 39.2 Å². The molecular formula is C18H19Cl2NO5S. The fourth-order valence-corrected chi connectivity index (χ4v) is 3.32. The number of ether oxygens (including phenoxy) is 2. The van der Waals surface area contributed by atoms with Gasteiger partial charge in [0.25, 0.3) is 0 Å². The summed E-state index contributed by atoms with van der Waals surface area (Å²) in [6, 6.07) is 11.0. The summed E-state index contributed by atoms with van der Waals surface area (Å²) in [5, 5.41) is 0.802. The lowest BCUT2D eigenvalue weighted by molar-refractivity contribution is -0.143. The number of esters is 1. The summed E-state index contributed by atoms with van der Waals surface area (Å²) in [6.07, 6.45) is 0.0774. The molecule has 0 amide bonds. The number of hydrogen-bond acceptors (Lipinski definition) is 5. The number of rotatable bonds is 8. The van der Waals surface area contributed by atoms with Crippen molar-refractivity contribution in [1.82, 2.24) is 4.31 Å². The third-order valence-corrected chi connectivity index (χ3v) is 6.12. The highest BCUT2D eigenvalue weighted by Crippen LogP contribution is 2.23. The van der Waals surface area contributed by atoms with Crippen molar-refractivity contribution in [3.05, 3.63) is 58.1 Å². The molecule has 27 heavy (non-hydrogen) atoms. The monoisotopic (exact) mass is 431 g/mol. The van der Waals surface area contributed by atoms with Crippen molar-refractivity contribution in [3.63, 3.8) is 0 Å². The van der Waals surface area contributed by atoms with Crippen LogP contribution in [-0.2, 0) is 26.0 Å². The molecular weight excluding hydrogens is 413 g/mol. The highest BCUT2D eigenvalue weighted by atomic mass is 35.5. The first kappa shape index (κ1) is 21.5. The van der Waals surface area contributed by atoms with E-state index in [0.29, 0.717) is 21.4 Å². The van der Waals surface area contributed by atoms with Crippen molar-refractivity contribution in [2.45, 2.75) is 11.3 Å². The van der Waals surface area contributed by atoms with Crippen LogP contribution in [-0.4, -0.2) is 46.0 Å². The van der Waals surface area contributed by atoms with Gasteiger partial charge in [0.1, 0.15) is 19.0 Å². The van der Waals surface area contributed by atoms with Gasteiger partial charge in [0, 0.05) is 14.1 Å². The van der Waals surface area contributed by atoms with Crippen molar-refractivity contribution in [3.8, 4) is 5.75 Å².